The van der Waals surface area contributed by atoms with Gasteiger partial charge in [0, 0.05) is 0 Å². The van der Waals surface area contributed by atoms with Crippen LogP contribution in [-0.4, -0.2) is 25.3 Å². The molecule has 20 heavy (non-hydrogen) atoms. The number of rotatable bonds is 4. The quantitative estimate of drug-likeness (QED) is 0.888. The number of amides is 1. The second-order valence-electron chi connectivity index (χ2n) is 5.72. The molecule has 0 heterocycles. The van der Waals surface area contributed by atoms with Crippen LogP contribution < -0.4 is 15.8 Å². The van der Waals surface area contributed by atoms with Gasteiger partial charge in [-0.15, -0.1) is 0 Å². The molecule has 0 saturated heterocycles. The van der Waals surface area contributed by atoms with E-state index >= 15 is 0 Å². The lowest BCUT2D eigenvalue weighted by molar-refractivity contribution is 0.0635. The molecule has 0 fully saturated rings. The second-order valence-corrected chi connectivity index (χ2v) is 5.72. The predicted molar refractivity (Wildman–Crippen MR) is 80.3 cm³/mol. The lowest BCUT2D eigenvalue weighted by atomic mass is 10.0. The molecule has 3 N–H and O–H groups in total. The van der Waals surface area contributed by atoms with Crippen molar-refractivity contribution in [3.8, 4) is 5.75 Å². The van der Waals surface area contributed by atoms with Crippen molar-refractivity contribution in [2.45, 2.75) is 39.2 Å². The lowest BCUT2D eigenvalue weighted by Gasteiger charge is -2.20. The summed E-state index contributed by atoms with van der Waals surface area (Å²) in [6, 6.07) is 5.60. The van der Waals surface area contributed by atoms with Gasteiger partial charge in [-0.25, -0.2) is 4.79 Å². The number of nitrogens with two attached hydrogens (primary N) is 1. The van der Waals surface area contributed by atoms with Crippen molar-refractivity contribution < 1.29 is 14.3 Å². The van der Waals surface area contributed by atoms with Crippen LogP contribution in [0.4, 0.5) is 10.5 Å². The zero-order valence-electron chi connectivity index (χ0n) is 12.8. The van der Waals surface area contributed by atoms with Gasteiger partial charge < -0.3 is 15.2 Å². The average molecular weight is 280 g/mol. The highest BCUT2D eigenvalue weighted by atomic mass is 16.6. The van der Waals surface area contributed by atoms with Crippen LogP contribution >= 0.6 is 0 Å². The van der Waals surface area contributed by atoms with E-state index in [2.05, 4.69) is 5.32 Å². The first-order chi connectivity index (χ1) is 9.26. The molecule has 1 unspecified atom stereocenters. The first-order valence-electron chi connectivity index (χ1n) is 6.65. The van der Waals surface area contributed by atoms with E-state index in [-0.39, 0.29) is 5.92 Å². The van der Waals surface area contributed by atoms with Gasteiger partial charge >= 0.3 is 6.09 Å². The molecule has 1 atom stereocenters. The van der Waals surface area contributed by atoms with Crippen molar-refractivity contribution >= 4 is 11.8 Å². The Labute approximate surface area is 120 Å². The highest BCUT2D eigenvalue weighted by Crippen LogP contribution is 2.29. The Bertz CT molecular complexity index is 467. The maximum atomic E-state index is 11.8. The summed E-state index contributed by atoms with van der Waals surface area (Å²) in [6.45, 7) is 8.04. The summed E-state index contributed by atoms with van der Waals surface area (Å²) in [5, 5.41) is 2.68. The Morgan fingerprint density at radius 3 is 2.55 bits per heavy atom. The zero-order valence-corrected chi connectivity index (χ0v) is 12.8. The van der Waals surface area contributed by atoms with E-state index in [9.17, 15) is 4.79 Å². The van der Waals surface area contributed by atoms with E-state index in [4.69, 9.17) is 15.2 Å². The van der Waals surface area contributed by atoms with Crippen molar-refractivity contribution in [3.05, 3.63) is 23.8 Å². The van der Waals surface area contributed by atoms with Gasteiger partial charge in [-0.1, -0.05) is 13.0 Å². The number of benzene rings is 1. The van der Waals surface area contributed by atoms with Crippen molar-refractivity contribution in [1.82, 2.24) is 0 Å². The summed E-state index contributed by atoms with van der Waals surface area (Å²) in [5.74, 6) is 0.827. The molecular weight excluding hydrogens is 256 g/mol. The molecule has 1 aromatic rings. The minimum absolute atomic E-state index is 0.236. The molecule has 1 rings (SSSR count). The Kier molecular flexibility index (Phi) is 5.39. The summed E-state index contributed by atoms with van der Waals surface area (Å²) in [5.41, 5.74) is 6.76. The molecule has 0 saturated carbocycles. The van der Waals surface area contributed by atoms with Crippen molar-refractivity contribution in [1.29, 1.82) is 0 Å². The van der Waals surface area contributed by atoms with E-state index in [0.29, 0.717) is 18.0 Å². The first kappa shape index (κ1) is 16.3. The van der Waals surface area contributed by atoms with E-state index < -0.39 is 11.7 Å². The van der Waals surface area contributed by atoms with Crippen LogP contribution in [0.3, 0.4) is 0 Å². The molecule has 0 spiro atoms. The molecule has 5 nitrogen and oxygen atoms in total. The van der Waals surface area contributed by atoms with Crippen LogP contribution in [-0.2, 0) is 4.74 Å². The summed E-state index contributed by atoms with van der Waals surface area (Å²) in [4.78, 5) is 11.8. The molecule has 1 amide bonds. The Morgan fingerprint density at radius 1 is 1.40 bits per heavy atom. The van der Waals surface area contributed by atoms with Gasteiger partial charge in [0.1, 0.15) is 11.4 Å². The van der Waals surface area contributed by atoms with Gasteiger partial charge in [-0.3, -0.25) is 5.32 Å². The van der Waals surface area contributed by atoms with Crippen molar-refractivity contribution in [2.24, 2.45) is 5.73 Å². The van der Waals surface area contributed by atoms with Gasteiger partial charge in [0.05, 0.1) is 12.8 Å². The number of ether oxygens (including phenoxy) is 2. The summed E-state index contributed by atoms with van der Waals surface area (Å²) < 4.78 is 10.5. The normalized spacial score (nSPS) is 12.7. The van der Waals surface area contributed by atoms with Crippen molar-refractivity contribution in [3.63, 3.8) is 0 Å². The highest BCUT2D eigenvalue weighted by Gasteiger charge is 2.18. The maximum Gasteiger partial charge on any atom is 0.412 e. The third-order valence-corrected chi connectivity index (χ3v) is 2.78. The summed E-state index contributed by atoms with van der Waals surface area (Å²) in [7, 11) is 1.56. The molecule has 0 aromatic heterocycles. The van der Waals surface area contributed by atoms with Crippen LogP contribution in [0.5, 0.6) is 5.75 Å². The molecule has 112 valence electrons. The minimum atomic E-state index is -0.536. The van der Waals surface area contributed by atoms with Crippen LogP contribution in [0.15, 0.2) is 18.2 Å². The van der Waals surface area contributed by atoms with E-state index in [0.717, 1.165) is 5.56 Å². The number of carbonyl (C=O) groups excluding carboxylic acids is 1. The number of anilines is 1. The summed E-state index contributed by atoms with van der Waals surface area (Å²) in [6.07, 6.45) is -0.504. The third kappa shape index (κ3) is 4.74. The average Bonchev–Trinajstić information content (AvgIpc) is 2.36. The monoisotopic (exact) mass is 280 g/mol. The van der Waals surface area contributed by atoms with Crippen LogP contribution in [0.2, 0.25) is 0 Å². The fourth-order valence-electron chi connectivity index (χ4n) is 1.67. The highest BCUT2D eigenvalue weighted by molar-refractivity contribution is 5.87. The molecule has 1 aromatic carbocycles. The lowest BCUT2D eigenvalue weighted by Crippen LogP contribution is -2.27. The van der Waals surface area contributed by atoms with E-state index in [1.807, 2.05) is 39.8 Å². The smallest absolute Gasteiger partial charge is 0.412 e. The number of nitrogens with one attached hydrogen (secondary N) is 1. The molecule has 0 radical (unpaired) electrons. The fraction of sp³-hybridized carbons (Fsp3) is 0.533. The largest absolute Gasteiger partial charge is 0.495 e. The SMILES string of the molecule is COc1cc(C(C)CN)ccc1NC(=O)OC(C)(C)C. The molecule has 0 bridgehead atoms. The summed E-state index contributed by atoms with van der Waals surface area (Å²) >= 11 is 0. The topological polar surface area (TPSA) is 73.6 Å². The van der Waals surface area contributed by atoms with E-state index in [1.165, 1.54) is 0 Å². The van der Waals surface area contributed by atoms with E-state index in [1.54, 1.807) is 13.2 Å². The number of carbonyl (C=O) groups is 1. The Morgan fingerprint density at radius 2 is 2.05 bits per heavy atom. The van der Waals surface area contributed by atoms with Crippen LogP contribution in [0.25, 0.3) is 0 Å². The molecule has 0 aliphatic rings. The minimum Gasteiger partial charge on any atom is -0.495 e. The molecule has 0 aliphatic heterocycles. The van der Waals surface area contributed by atoms with Gasteiger partial charge in [0.2, 0.25) is 0 Å². The van der Waals surface area contributed by atoms with Crippen molar-refractivity contribution in [2.75, 3.05) is 19.0 Å². The first-order valence-corrected chi connectivity index (χ1v) is 6.65. The number of hydrogen-bond acceptors (Lipinski definition) is 4. The van der Waals surface area contributed by atoms with Gasteiger partial charge in [0.25, 0.3) is 0 Å². The van der Waals surface area contributed by atoms with Gasteiger partial charge in [-0.05, 0) is 50.9 Å². The van der Waals surface area contributed by atoms with Crippen LogP contribution in [0.1, 0.15) is 39.2 Å². The van der Waals surface area contributed by atoms with Gasteiger partial charge in [-0.2, -0.15) is 0 Å². The second kappa shape index (κ2) is 6.61. The third-order valence-electron chi connectivity index (χ3n) is 2.78. The Balaban J connectivity index is 2.88. The maximum absolute atomic E-state index is 11.8. The number of methoxy groups -OCH3 is 1. The molecule has 5 heteroatoms. The fourth-order valence-corrected chi connectivity index (χ4v) is 1.67. The Hall–Kier alpha value is -1.75. The number of hydrogen-bond donors (Lipinski definition) is 2. The van der Waals surface area contributed by atoms with Gasteiger partial charge in [0.15, 0.2) is 0 Å². The zero-order chi connectivity index (χ0) is 15.3. The molecular formula is C15H24N2O3. The standard InChI is InChI=1S/C15H24N2O3/c1-10(9-16)11-6-7-12(13(8-11)19-5)17-14(18)20-15(2,3)4/h6-8,10H,9,16H2,1-5H3,(H,17,18). The van der Waals surface area contributed by atoms with Crippen LogP contribution in [0, 0.1) is 0 Å². The molecule has 0 aliphatic carbocycles. The predicted octanol–water partition coefficient (Wildman–Crippen LogP) is 3.10.